The van der Waals surface area contributed by atoms with Gasteiger partial charge in [-0.15, -0.1) is 0 Å². The normalized spacial score (nSPS) is 19.5. The van der Waals surface area contributed by atoms with Crippen LogP contribution in [0.3, 0.4) is 0 Å². The molecule has 0 radical (unpaired) electrons. The lowest BCUT2D eigenvalue weighted by molar-refractivity contribution is 0.228. The molecule has 3 rings (SSSR count). The van der Waals surface area contributed by atoms with Crippen molar-refractivity contribution in [2.24, 2.45) is 5.92 Å². The molecule has 1 fully saturated rings. The molecule has 0 atom stereocenters. The average molecular weight is 258 g/mol. The van der Waals surface area contributed by atoms with Gasteiger partial charge in [-0.2, -0.15) is 0 Å². The predicted octanol–water partition coefficient (Wildman–Crippen LogP) is 3.67. The molecule has 1 aliphatic heterocycles. The van der Waals surface area contributed by atoms with Crippen molar-refractivity contribution in [1.29, 1.82) is 0 Å². The van der Waals surface area contributed by atoms with E-state index in [2.05, 4.69) is 35.5 Å². The third kappa shape index (κ3) is 3.30. The molecule has 0 spiro atoms. The van der Waals surface area contributed by atoms with Gasteiger partial charge in [0, 0.05) is 25.3 Å². The molecule has 0 unspecified atom stereocenters. The lowest BCUT2D eigenvalue weighted by Crippen LogP contribution is -2.26. The molecule has 1 heterocycles. The molecule has 1 aromatic carbocycles. The van der Waals surface area contributed by atoms with Crippen LogP contribution in [0, 0.1) is 5.92 Å². The number of hydrogen-bond acceptors (Lipinski definition) is 2. The lowest BCUT2D eigenvalue weighted by atomic mass is 9.89. The van der Waals surface area contributed by atoms with Gasteiger partial charge in [-0.25, -0.2) is 0 Å². The Kier molecular flexibility index (Phi) is 4.07. The summed E-state index contributed by atoms with van der Waals surface area (Å²) in [5, 5.41) is 3.43. The number of fused-ring (bicyclic) bond motifs is 1. The van der Waals surface area contributed by atoms with Crippen LogP contribution >= 0.6 is 0 Å². The number of hydrogen-bond donors (Lipinski definition) is 1. The van der Waals surface area contributed by atoms with E-state index in [0.717, 1.165) is 19.0 Å². The van der Waals surface area contributed by atoms with Gasteiger partial charge in [0.1, 0.15) is 0 Å². The SMILES string of the molecule is CN(Cc1ccc2c(c1)CCN2)CC1CCCCC1. The van der Waals surface area contributed by atoms with Crippen molar-refractivity contribution in [3.63, 3.8) is 0 Å². The van der Waals surface area contributed by atoms with Crippen molar-refractivity contribution in [1.82, 2.24) is 4.90 Å². The molecule has 0 amide bonds. The second kappa shape index (κ2) is 5.96. The first kappa shape index (κ1) is 13.0. The zero-order valence-electron chi connectivity index (χ0n) is 12.1. The number of anilines is 1. The topological polar surface area (TPSA) is 15.3 Å². The van der Waals surface area contributed by atoms with Crippen LogP contribution in [-0.4, -0.2) is 25.0 Å². The van der Waals surface area contributed by atoms with Crippen LogP contribution in [0.2, 0.25) is 0 Å². The maximum atomic E-state index is 3.43. The Bertz CT molecular complexity index is 421. The van der Waals surface area contributed by atoms with E-state index in [1.54, 1.807) is 0 Å². The minimum absolute atomic E-state index is 0.940. The molecule has 2 aliphatic rings. The van der Waals surface area contributed by atoms with Gasteiger partial charge < -0.3 is 10.2 Å². The van der Waals surface area contributed by atoms with Gasteiger partial charge in [0.2, 0.25) is 0 Å². The lowest BCUT2D eigenvalue weighted by Gasteiger charge is -2.27. The number of benzene rings is 1. The van der Waals surface area contributed by atoms with Crippen LogP contribution in [0.25, 0.3) is 0 Å². The summed E-state index contributed by atoms with van der Waals surface area (Å²) in [6, 6.07) is 6.94. The zero-order valence-corrected chi connectivity index (χ0v) is 12.1. The van der Waals surface area contributed by atoms with E-state index in [4.69, 9.17) is 0 Å². The smallest absolute Gasteiger partial charge is 0.0373 e. The van der Waals surface area contributed by atoms with E-state index >= 15 is 0 Å². The molecule has 1 N–H and O–H groups in total. The molecule has 0 bridgehead atoms. The summed E-state index contributed by atoms with van der Waals surface area (Å²) in [6.07, 6.45) is 8.43. The predicted molar refractivity (Wildman–Crippen MR) is 81.5 cm³/mol. The highest BCUT2D eigenvalue weighted by molar-refractivity contribution is 5.56. The second-order valence-electron chi connectivity index (χ2n) is 6.37. The molecule has 19 heavy (non-hydrogen) atoms. The van der Waals surface area contributed by atoms with Crippen LogP contribution in [0.15, 0.2) is 18.2 Å². The van der Waals surface area contributed by atoms with Gasteiger partial charge in [-0.3, -0.25) is 0 Å². The third-order valence-corrected chi connectivity index (χ3v) is 4.63. The van der Waals surface area contributed by atoms with Crippen LogP contribution in [0.5, 0.6) is 0 Å². The van der Waals surface area contributed by atoms with Gasteiger partial charge >= 0.3 is 0 Å². The van der Waals surface area contributed by atoms with Gasteiger partial charge in [0.25, 0.3) is 0 Å². The fourth-order valence-corrected chi connectivity index (χ4v) is 3.64. The molecule has 2 heteroatoms. The van der Waals surface area contributed by atoms with Crippen LogP contribution < -0.4 is 5.32 Å². The summed E-state index contributed by atoms with van der Waals surface area (Å²) in [5.74, 6) is 0.940. The Balaban J connectivity index is 1.55. The molecule has 0 aromatic heterocycles. The van der Waals surface area contributed by atoms with Gasteiger partial charge in [0.05, 0.1) is 0 Å². The number of rotatable bonds is 4. The van der Waals surface area contributed by atoms with Gasteiger partial charge in [-0.05, 0) is 49.4 Å². The van der Waals surface area contributed by atoms with Crippen molar-refractivity contribution < 1.29 is 0 Å². The molecule has 2 nitrogen and oxygen atoms in total. The zero-order chi connectivity index (χ0) is 13.1. The summed E-state index contributed by atoms with van der Waals surface area (Å²) >= 11 is 0. The van der Waals surface area contributed by atoms with Crippen molar-refractivity contribution in [3.05, 3.63) is 29.3 Å². The second-order valence-corrected chi connectivity index (χ2v) is 6.37. The first-order chi connectivity index (χ1) is 9.31. The van der Waals surface area contributed by atoms with E-state index in [-0.39, 0.29) is 0 Å². The molecular formula is C17H26N2. The van der Waals surface area contributed by atoms with Crippen molar-refractivity contribution in [3.8, 4) is 0 Å². The maximum absolute atomic E-state index is 3.43. The highest BCUT2D eigenvalue weighted by atomic mass is 15.1. The Labute approximate surface area is 117 Å². The molecule has 0 saturated heterocycles. The number of nitrogens with zero attached hydrogens (tertiary/aromatic N) is 1. The monoisotopic (exact) mass is 258 g/mol. The van der Waals surface area contributed by atoms with Crippen LogP contribution in [0.4, 0.5) is 5.69 Å². The summed E-state index contributed by atoms with van der Waals surface area (Å²) < 4.78 is 0. The molecule has 1 aromatic rings. The maximum Gasteiger partial charge on any atom is 0.0373 e. The quantitative estimate of drug-likeness (QED) is 0.886. The van der Waals surface area contributed by atoms with E-state index < -0.39 is 0 Å². The summed E-state index contributed by atoms with van der Waals surface area (Å²) in [6.45, 7) is 3.48. The highest BCUT2D eigenvalue weighted by Crippen LogP contribution is 2.26. The van der Waals surface area contributed by atoms with Crippen molar-refractivity contribution in [2.45, 2.75) is 45.1 Å². The standard InChI is InChI=1S/C17H26N2/c1-19(12-14-5-3-2-4-6-14)13-15-7-8-17-16(11-15)9-10-18-17/h7-8,11,14,18H,2-6,9-10,12-13H2,1H3. The average Bonchev–Trinajstić information content (AvgIpc) is 2.87. The van der Waals surface area contributed by atoms with Crippen LogP contribution in [0.1, 0.15) is 43.2 Å². The Hall–Kier alpha value is -1.02. The van der Waals surface area contributed by atoms with Crippen molar-refractivity contribution in [2.75, 3.05) is 25.5 Å². The third-order valence-electron chi connectivity index (χ3n) is 4.63. The van der Waals surface area contributed by atoms with Gasteiger partial charge in [0.15, 0.2) is 0 Å². The fourth-order valence-electron chi connectivity index (χ4n) is 3.64. The fraction of sp³-hybridized carbons (Fsp3) is 0.647. The minimum atomic E-state index is 0.940. The summed E-state index contributed by atoms with van der Waals surface area (Å²) in [7, 11) is 2.28. The van der Waals surface area contributed by atoms with E-state index in [1.165, 1.54) is 61.9 Å². The summed E-state index contributed by atoms with van der Waals surface area (Å²) in [5.41, 5.74) is 4.32. The first-order valence-corrected chi connectivity index (χ1v) is 7.85. The molecule has 1 aliphatic carbocycles. The van der Waals surface area contributed by atoms with Crippen molar-refractivity contribution >= 4 is 5.69 Å². The molecular weight excluding hydrogens is 232 g/mol. The Morgan fingerprint density at radius 3 is 2.89 bits per heavy atom. The first-order valence-electron chi connectivity index (χ1n) is 7.85. The highest BCUT2D eigenvalue weighted by Gasteiger charge is 2.16. The minimum Gasteiger partial charge on any atom is -0.384 e. The van der Waals surface area contributed by atoms with E-state index in [9.17, 15) is 0 Å². The van der Waals surface area contributed by atoms with E-state index in [1.807, 2.05) is 0 Å². The Morgan fingerprint density at radius 1 is 1.21 bits per heavy atom. The Morgan fingerprint density at radius 2 is 2.05 bits per heavy atom. The number of nitrogens with one attached hydrogen (secondary N) is 1. The van der Waals surface area contributed by atoms with E-state index in [0.29, 0.717) is 0 Å². The van der Waals surface area contributed by atoms with Gasteiger partial charge in [-0.1, -0.05) is 31.4 Å². The summed E-state index contributed by atoms with van der Waals surface area (Å²) in [4.78, 5) is 2.51. The van der Waals surface area contributed by atoms with Crippen LogP contribution in [-0.2, 0) is 13.0 Å². The molecule has 1 saturated carbocycles. The largest absolute Gasteiger partial charge is 0.384 e. The molecule has 104 valence electrons.